The minimum absolute atomic E-state index is 0.262. The van der Waals surface area contributed by atoms with Crippen molar-refractivity contribution in [2.24, 2.45) is 0 Å². The third kappa shape index (κ3) is 4.54. The van der Waals surface area contributed by atoms with Crippen LogP contribution in [0.1, 0.15) is 16.8 Å². The van der Waals surface area contributed by atoms with Gasteiger partial charge in [-0.05, 0) is 35.3 Å². The van der Waals surface area contributed by atoms with Gasteiger partial charge in [0.15, 0.2) is 6.10 Å². The normalized spacial score (nSPS) is 11.6. The average Bonchev–Trinajstić information content (AvgIpc) is 2.28. The Kier molecular flexibility index (Phi) is 5.12. The molecule has 0 radical (unpaired) electrons. The number of hydrogen-bond acceptors (Lipinski definition) is 4. The number of rotatable bonds is 5. The molecule has 1 aromatic carbocycles. The molecule has 17 heavy (non-hydrogen) atoms. The molecule has 0 saturated heterocycles. The van der Waals surface area contributed by atoms with Gasteiger partial charge in [-0.2, -0.15) is 0 Å². The zero-order chi connectivity index (χ0) is 12.8. The highest BCUT2D eigenvalue weighted by atomic mass is 35.5. The van der Waals surface area contributed by atoms with Gasteiger partial charge in [-0.1, -0.05) is 18.2 Å². The second-order valence-corrected chi connectivity index (χ2v) is 3.92. The maximum Gasteiger partial charge on any atom is 0.338 e. The molecule has 1 atom stereocenters. The summed E-state index contributed by atoms with van der Waals surface area (Å²) < 4.78 is 4.78. The largest absolute Gasteiger partial charge is 0.449 e. The van der Waals surface area contributed by atoms with Crippen molar-refractivity contribution in [2.45, 2.75) is 12.5 Å². The van der Waals surface area contributed by atoms with Crippen molar-refractivity contribution in [1.29, 1.82) is 0 Å². The minimum Gasteiger partial charge on any atom is -0.449 e. The lowest BCUT2D eigenvalue weighted by atomic mass is 10.2. The molecule has 0 aliphatic carbocycles. The second kappa shape index (κ2) is 6.37. The van der Waals surface area contributed by atoms with Crippen LogP contribution < -0.4 is 0 Å². The van der Waals surface area contributed by atoms with Gasteiger partial charge in [0.1, 0.15) is 0 Å². The van der Waals surface area contributed by atoms with Gasteiger partial charge in [0.2, 0.25) is 5.24 Å². The van der Waals surface area contributed by atoms with E-state index in [1.807, 2.05) is 0 Å². The first kappa shape index (κ1) is 13.7. The van der Waals surface area contributed by atoms with E-state index < -0.39 is 29.0 Å². The lowest BCUT2D eigenvalue weighted by molar-refractivity contribution is -0.124. The predicted octanol–water partition coefficient (Wildman–Crippen LogP) is 2.13. The van der Waals surface area contributed by atoms with Crippen LogP contribution in [0.25, 0.3) is 0 Å². The van der Waals surface area contributed by atoms with Crippen LogP contribution in [0.3, 0.4) is 0 Å². The van der Waals surface area contributed by atoms with Crippen molar-refractivity contribution in [3.05, 3.63) is 35.9 Å². The Hall–Kier alpha value is -1.39. The molecule has 1 rings (SSSR count). The summed E-state index contributed by atoms with van der Waals surface area (Å²) in [7, 11) is 0. The van der Waals surface area contributed by atoms with E-state index in [0.29, 0.717) is 0 Å². The Balaban J connectivity index is 2.71. The van der Waals surface area contributed by atoms with Gasteiger partial charge in [0.25, 0.3) is 5.24 Å². The summed E-state index contributed by atoms with van der Waals surface area (Å²) in [4.78, 5) is 33.1. The summed E-state index contributed by atoms with van der Waals surface area (Å²) >= 11 is 10.3. The van der Waals surface area contributed by atoms with Crippen molar-refractivity contribution in [3.63, 3.8) is 0 Å². The van der Waals surface area contributed by atoms with E-state index in [0.717, 1.165) is 0 Å². The SMILES string of the molecule is O=C(Cl)CC(OC(=O)c1ccccc1)C(=O)Cl. The maximum atomic E-state index is 11.6. The zero-order valence-electron chi connectivity index (χ0n) is 8.56. The Labute approximate surface area is 107 Å². The fraction of sp³-hybridized carbons (Fsp3) is 0.182. The molecule has 6 heteroatoms. The fourth-order valence-electron chi connectivity index (χ4n) is 1.09. The highest BCUT2D eigenvalue weighted by Gasteiger charge is 2.24. The van der Waals surface area contributed by atoms with Gasteiger partial charge < -0.3 is 4.74 Å². The first-order valence-electron chi connectivity index (χ1n) is 4.64. The van der Waals surface area contributed by atoms with Crippen LogP contribution in [-0.2, 0) is 14.3 Å². The molecule has 0 fully saturated rings. The summed E-state index contributed by atoms with van der Waals surface area (Å²) in [6.45, 7) is 0. The third-order valence-corrected chi connectivity index (χ3v) is 2.26. The summed E-state index contributed by atoms with van der Waals surface area (Å²) in [6.07, 6.45) is -1.79. The summed E-state index contributed by atoms with van der Waals surface area (Å²) in [6, 6.07) is 8.03. The lowest BCUT2D eigenvalue weighted by Gasteiger charge is -2.11. The Morgan fingerprint density at radius 2 is 1.71 bits per heavy atom. The van der Waals surface area contributed by atoms with Crippen LogP contribution >= 0.6 is 23.2 Å². The molecule has 1 aromatic rings. The molecule has 4 nitrogen and oxygen atoms in total. The van der Waals surface area contributed by atoms with Crippen molar-refractivity contribution in [2.75, 3.05) is 0 Å². The Bertz CT molecular complexity index is 430. The molecular weight excluding hydrogens is 267 g/mol. The summed E-state index contributed by atoms with van der Waals surface area (Å²) in [5, 5.41) is -1.74. The van der Waals surface area contributed by atoms with Crippen LogP contribution in [0.15, 0.2) is 30.3 Å². The molecule has 1 unspecified atom stereocenters. The van der Waals surface area contributed by atoms with Crippen LogP contribution in [0.5, 0.6) is 0 Å². The van der Waals surface area contributed by atoms with Crippen molar-refractivity contribution >= 4 is 39.7 Å². The lowest BCUT2D eigenvalue weighted by Crippen LogP contribution is -2.25. The number of hydrogen-bond donors (Lipinski definition) is 0. The molecule has 0 saturated carbocycles. The van der Waals surface area contributed by atoms with E-state index in [4.69, 9.17) is 27.9 Å². The number of ether oxygens (including phenoxy) is 1. The molecule has 90 valence electrons. The first-order chi connectivity index (χ1) is 8.00. The number of esters is 1. The number of carbonyl (C=O) groups is 3. The molecule has 0 spiro atoms. The van der Waals surface area contributed by atoms with Gasteiger partial charge >= 0.3 is 5.97 Å². The van der Waals surface area contributed by atoms with Gasteiger partial charge in [0, 0.05) is 0 Å². The summed E-state index contributed by atoms with van der Waals surface area (Å²) in [5.41, 5.74) is 0.262. The molecule has 0 heterocycles. The monoisotopic (exact) mass is 274 g/mol. The van der Waals surface area contributed by atoms with Crippen LogP contribution in [0.4, 0.5) is 0 Å². The smallest absolute Gasteiger partial charge is 0.338 e. The van der Waals surface area contributed by atoms with E-state index in [9.17, 15) is 14.4 Å². The maximum absolute atomic E-state index is 11.6. The van der Waals surface area contributed by atoms with E-state index in [-0.39, 0.29) is 5.56 Å². The third-order valence-electron chi connectivity index (χ3n) is 1.86. The molecule has 0 aliphatic rings. The predicted molar refractivity (Wildman–Crippen MR) is 62.0 cm³/mol. The topological polar surface area (TPSA) is 60.4 Å². The molecule has 0 N–H and O–H groups in total. The van der Waals surface area contributed by atoms with Crippen LogP contribution in [0, 0.1) is 0 Å². The highest BCUT2D eigenvalue weighted by molar-refractivity contribution is 6.67. The van der Waals surface area contributed by atoms with Gasteiger partial charge in [-0.3, -0.25) is 9.59 Å². The van der Waals surface area contributed by atoms with Crippen molar-refractivity contribution < 1.29 is 19.1 Å². The standard InChI is InChI=1S/C11H8Cl2O4/c12-9(14)6-8(10(13)15)17-11(16)7-4-2-1-3-5-7/h1-5,8H,6H2. The van der Waals surface area contributed by atoms with Gasteiger partial charge in [0.05, 0.1) is 12.0 Å². The van der Waals surface area contributed by atoms with E-state index >= 15 is 0 Å². The summed E-state index contributed by atoms with van der Waals surface area (Å²) in [5.74, 6) is -0.734. The van der Waals surface area contributed by atoms with Crippen molar-refractivity contribution in [1.82, 2.24) is 0 Å². The highest BCUT2D eigenvalue weighted by Crippen LogP contribution is 2.10. The molecule has 0 aromatic heterocycles. The van der Waals surface area contributed by atoms with Crippen molar-refractivity contribution in [3.8, 4) is 0 Å². The second-order valence-electron chi connectivity index (χ2n) is 3.12. The van der Waals surface area contributed by atoms with Crippen LogP contribution in [0.2, 0.25) is 0 Å². The van der Waals surface area contributed by atoms with E-state index in [2.05, 4.69) is 0 Å². The van der Waals surface area contributed by atoms with E-state index in [1.54, 1.807) is 18.2 Å². The zero-order valence-corrected chi connectivity index (χ0v) is 10.1. The number of benzene rings is 1. The molecule has 0 bridgehead atoms. The number of halogens is 2. The molecule has 0 aliphatic heterocycles. The van der Waals surface area contributed by atoms with E-state index in [1.165, 1.54) is 12.1 Å². The Morgan fingerprint density at radius 1 is 1.12 bits per heavy atom. The van der Waals surface area contributed by atoms with Gasteiger partial charge in [-0.15, -0.1) is 0 Å². The number of carbonyl (C=O) groups excluding carboxylic acids is 3. The fourth-order valence-corrected chi connectivity index (χ4v) is 1.35. The quantitative estimate of drug-likeness (QED) is 0.610. The molecular formula is C11H8Cl2O4. The first-order valence-corrected chi connectivity index (χ1v) is 5.40. The van der Waals surface area contributed by atoms with Crippen LogP contribution in [-0.4, -0.2) is 22.6 Å². The molecule has 0 amide bonds. The minimum atomic E-state index is -1.35. The average molecular weight is 275 g/mol. The Morgan fingerprint density at radius 3 is 2.18 bits per heavy atom. The van der Waals surface area contributed by atoms with Gasteiger partial charge in [-0.25, -0.2) is 4.79 Å².